The van der Waals surface area contributed by atoms with Gasteiger partial charge in [0.2, 0.25) is 0 Å². The Hall–Kier alpha value is -5.32. The molecule has 0 N–H and O–H groups in total. The molecule has 196 valence electrons. The van der Waals surface area contributed by atoms with Gasteiger partial charge in [-0.25, -0.2) is 9.97 Å². The second-order valence-electron chi connectivity index (χ2n) is 10.7. The molecule has 0 amide bonds. The number of nitrogens with zero attached hydrogens (tertiary/aromatic N) is 3. The van der Waals surface area contributed by atoms with E-state index in [9.17, 15) is 0 Å². The minimum atomic E-state index is 0.934. The molecule has 5 aromatic carbocycles. The van der Waals surface area contributed by atoms with Crippen LogP contribution in [0, 0.1) is 0 Å². The maximum absolute atomic E-state index is 5.25. The summed E-state index contributed by atoms with van der Waals surface area (Å²) in [6.07, 6.45) is 4.27. The van der Waals surface area contributed by atoms with E-state index in [1.165, 1.54) is 36.3 Å². The zero-order chi connectivity index (χ0) is 27.6. The van der Waals surface area contributed by atoms with E-state index < -0.39 is 0 Å². The number of imidazole rings is 1. The summed E-state index contributed by atoms with van der Waals surface area (Å²) in [5.74, 6) is 0. The van der Waals surface area contributed by atoms with Crippen molar-refractivity contribution >= 4 is 58.8 Å². The Balaban J connectivity index is 1.23. The van der Waals surface area contributed by atoms with Crippen LogP contribution in [0.15, 0.2) is 140 Å². The first-order chi connectivity index (χ1) is 20.8. The fraction of sp³-hybridized carbons (Fsp3) is 0. The molecule has 0 saturated heterocycles. The van der Waals surface area contributed by atoms with Crippen molar-refractivity contribution in [3.05, 3.63) is 140 Å². The monoisotopic (exact) mass is 553 g/mol. The number of rotatable bonds is 3. The third-order valence-electron chi connectivity index (χ3n) is 8.20. The molecule has 42 heavy (non-hydrogen) atoms. The van der Waals surface area contributed by atoms with Crippen molar-refractivity contribution < 1.29 is 0 Å². The van der Waals surface area contributed by atoms with Crippen molar-refractivity contribution in [2.24, 2.45) is 0 Å². The molecule has 0 aliphatic carbocycles. The molecule has 0 aliphatic rings. The van der Waals surface area contributed by atoms with Crippen LogP contribution < -0.4 is 0 Å². The van der Waals surface area contributed by atoms with Crippen molar-refractivity contribution in [1.82, 2.24) is 14.4 Å². The zero-order valence-corrected chi connectivity index (χ0v) is 23.3. The van der Waals surface area contributed by atoms with E-state index in [4.69, 9.17) is 9.97 Å². The van der Waals surface area contributed by atoms with Gasteiger partial charge in [-0.2, -0.15) is 0 Å². The molecule has 0 radical (unpaired) electrons. The van der Waals surface area contributed by atoms with Crippen molar-refractivity contribution in [2.75, 3.05) is 0 Å². The number of pyridine rings is 2. The lowest BCUT2D eigenvalue weighted by atomic mass is 9.96. The van der Waals surface area contributed by atoms with Crippen LogP contribution in [0.25, 0.3) is 81.1 Å². The highest BCUT2D eigenvalue weighted by molar-refractivity contribution is 7.26. The Morgan fingerprint density at radius 2 is 1.26 bits per heavy atom. The van der Waals surface area contributed by atoms with Crippen molar-refractivity contribution in [3.63, 3.8) is 0 Å². The lowest BCUT2D eigenvalue weighted by molar-refractivity contribution is 1.19. The minimum absolute atomic E-state index is 0.934. The molecule has 4 heteroatoms. The van der Waals surface area contributed by atoms with Gasteiger partial charge in [-0.3, -0.25) is 0 Å². The molecule has 4 aromatic heterocycles. The van der Waals surface area contributed by atoms with Crippen LogP contribution in [0.4, 0.5) is 0 Å². The van der Waals surface area contributed by atoms with E-state index in [0.717, 1.165) is 44.8 Å². The van der Waals surface area contributed by atoms with Gasteiger partial charge in [0.15, 0.2) is 0 Å². The van der Waals surface area contributed by atoms with Gasteiger partial charge in [-0.15, -0.1) is 11.3 Å². The summed E-state index contributed by atoms with van der Waals surface area (Å²) in [5.41, 5.74) is 8.45. The summed E-state index contributed by atoms with van der Waals surface area (Å²) in [7, 11) is 0. The Morgan fingerprint density at radius 1 is 0.500 bits per heavy atom. The van der Waals surface area contributed by atoms with Crippen molar-refractivity contribution in [2.45, 2.75) is 0 Å². The second-order valence-corrected chi connectivity index (χ2v) is 11.7. The summed E-state index contributed by atoms with van der Waals surface area (Å²) < 4.78 is 4.76. The average molecular weight is 554 g/mol. The summed E-state index contributed by atoms with van der Waals surface area (Å²) >= 11 is 1.87. The molecule has 0 fully saturated rings. The predicted octanol–water partition coefficient (Wildman–Crippen LogP) is 10.4. The predicted molar refractivity (Wildman–Crippen MR) is 177 cm³/mol. The van der Waals surface area contributed by atoms with Gasteiger partial charge in [0.25, 0.3) is 0 Å². The lowest BCUT2D eigenvalue weighted by Crippen LogP contribution is -1.91. The van der Waals surface area contributed by atoms with Crippen molar-refractivity contribution in [1.29, 1.82) is 0 Å². The highest BCUT2D eigenvalue weighted by atomic mass is 32.1. The largest absolute Gasteiger partial charge is 0.306 e. The van der Waals surface area contributed by atoms with E-state index in [0.29, 0.717) is 0 Å². The standard InChI is InChI=1S/C38H23N3S/c1-2-9-24(10-3-1)33-23-41-22-27(17-20-35(41)39-33)25-11-8-12-26(21-25)37-31-19-18-29-28-13-5-7-16-34(28)42-38(29)36(31)30-14-4-6-15-32(30)40-37/h1-23H. The number of benzene rings is 5. The molecule has 0 aliphatic heterocycles. The highest BCUT2D eigenvalue weighted by Gasteiger charge is 2.16. The number of thiophene rings is 1. The first-order valence-corrected chi connectivity index (χ1v) is 14.9. The second kappa shape index (κ2) is 9.10. The van der Waals surface area contributed by atoms with Crippen LogP contribution in [-0.4, -0.2) is 14.4 Å². The third-order valence-corrected chi connectivity index (χ3v) is 9.40. The van der Waals surface area contributed by atoms with Gasteiger partial charge in [-0.05, 0) is 41.5 Å². The maximum Gasteiger partial charge on any atom is 0.137 e. The van der Waals surface area contributed by atoms with Gasteiger partial charge in [-0.1, -0.05) is 97.1 Å². The zero-order valence-electron chi connectivity index (χ0n) is 22.5. The van der Waals surface area contributed by atoms with Crippen LogP contribution >= 0.6 is 11.3 Å². The number of hydrogen-bond acceptors (Lipinski definition) is 3. The van der Waals surface area contributed by atoms with Gasteiger partial charge in [0.1, 0.15) is 5.65 Å². The summed E-state index contributed by atoms with van der Waals surface area (Å²) in [6, 6.07) is 45.1. The van der Waals surface area contributed by atoms with E-state index in [-0.39, 0.29) is 0 Å². The first kappa shape index (κ1) is 23.4. The number of fused-ring (bicyclic) bond motifs is 8. The van der Waals surface area contributed by atoms with E-state index in [1.807, 2.05) is 29.5 Å². The highest BCUT2D eigenvalue weighted by Crippen LogP contribution is 2.43. The van der Waals surface area contributed by atoms with Gasteiger partial charge < -0.3 is 4.40 Å². The molecule has 3 nitrogen and oxygen atoms in total. The fourth-order valence-corrected chi connectivity index (χ4v) is 7.46. The topological polar surface area (TPSA) is 30.2 Å². The van der Waals surface area contributed by atoms with Crippen molar-refractivity contribution in [3.8, 4) is 33.6 Å². The normalized spacial score (nSPS) is 11.8. The Bertz CT molecular complexity index is 2470. The molecular weight excluding hydrogens is 531 g/mol. The Labute approximate surface area is 246 Å². The van der Waals surface area contributed by atoms with Crippen LogP contribution in [0.2, 0.25) is 0 Å². The SMILES string of the molecule is c1ccc(-c2cn3cc(-c4cccc(-c5nc6ccccc6c6c5ccc5c7ccccc7sc56)c4)ccc3n2)cc1. The van der Waals surface area contributed by atoms with Gasteiger partial charge in [0.05, 0.1) is 16.9 Å². The summed E-state index contributed by atoms with van der Waals surface area (Å²) in [6.45, 7) is 0. The average Bonchev–Trinajstić information content (AvgIpc) is 3.66. The lowest BCUT2D eigenvalue weighted by Gasteiger charge is -2.12. The van der Waals surface area contributed by atoms with Gasteiger partial charge >= 0.3 is 0 Å². The number of para-hydroxylation sites is 1. The van der Waals surface area contributed by atoms with Gasteiger partial charge in [0, 0.05) is 59.9 Å². The number of aromatic nitrogens is 3. The smallest absolute Gasteiger partial charge is 0.137 e. The molecule has 9 aromatic rings. The Morgan fingerprint density at radius 3 is 2.19 bits per heavy atom. The quantitative estimate of drug-likeness (QED) is 0.204. The molecule has 4 heterocycles. The van der Waals surface area contributed by atoms with Crippen LogP contribution in [0.3, 0.4) is 0 Å². The maximum atomic E-state index is 5.25. The molecular formula is C38H23N3S. The molecule has 0 atom stereocenters. The van der Waals surface area contributed by atoms with Crippen LogP contribution in [-0.2, 0) is 0 Å². The summed E-state index contributed by atoms with van der Waals surface area (Å²) in [4.78, 5) is 10.1. The molecule has 0 unspecified atom stereocenters. The Kier molecular flexibility index (Phi) is 5.07. The first-order valence-electron chi connectivity index (χ1n) is 14.1. The van der Waals surface area contributed by atoms with Crippen LogP contribution in [0.1, 0.15) is 0 Å². The van der Waals surface area contributed by atoms with E-state index in [1.54, 1.807) is 0 Å². The fourth-order valence-electron chi connectivity index (χ4n) is 6.19. The molecule has 0 saturated carbocycles. The van der Waals surface area contributed by atoms with Crippen LogP contribution in [0.5, 0.6) is 0 Å². The van der Waals surface area contributed by atoms with E-state index >= 15 is 0 Å². The van der Waals surface area contributed by atoms with E-state index in [2.05, 4.69) is 126 Å². The minimum Gasteiger partial charge on any atom is -0.306 e. The molecule has 0 bridgehead atoms. The molecule has 0 spiro atoms. The number of hydrogen-bond donors (Lipinski definition) is 0. The molecule has 9 rings (SSSR count). The summed E-state index contributed by atoms with van der Waals surface area (Å²) in [5, 5.41) is 6.29. The third kappa shape index (κ3) is 3.59.